The van der Waals surface area contributed by atoms with Gasteiger partial charge in [-0.1, -0.05) is 17.8 Å². The van der Waals surface area contributed by atoms with E-state index in [-0.39, 0.29) is 17.7 Å². The van der Waals surface area contributed by atoms with Crippen molar-refractivity contribution in [1.82, 2.24) is 30.0 Å². The first kappa shape index (κ1) is 16.7. The standard InChI is InChI=1S/C14H17N7OS2/c1-10(2)21-12(5-6-15-21)16-13(22)9-24-14-17-18-19-20(14)8-11-4-3-7-23-11/h3-7,10H,8-9H2,1-2H3,(H,16,22). The predicted octanol–water partition coefficient (Wildman–Crippen LogP) is 2.29. The second-order valence-corrected chi connectivity index (χ2v) is 7.26. The SMILES string of the molecule is CC(C)n1nccc1NC(=O)CSc1nnnn1Cc1cccs1. The van der Waals surface area contributed by atoms with Gasteiger partial charge in [0.25, 0.3) is 0 Å². The monoisotopic (exact) mass is 363 g/mol. The van der Waals surface area contributed by atoms with Crippen molar-refractivity contribution in [2.75, 3.05) is 11.1 Å². The highest BCUT2D eigenvalue weighted by atomic mass is 32.2. The van der Waals surface area contributed by atoms with Crippen LogP contribution in [-0.2, 0) is 11.3 Å². The number of thioether (sulfide) groups is 1. The molecule has 1 amide bonds. The quantitative estimate of drug-likeness (QED) is 0.648. The van der Waals surface area contributed by atoms with E-state index in [1.54, 1.807) is 33.0 Å². The second-order valence-electron chi connectivity index (χ2n) is 5.29. The maximum Gasteiger partial charge on any atom is 0.235 e. The van der Waals surface area contributed by atoms with E-state index >= 15 is 0 Å². The highest BCUT2D eigenvalue weighted by Crippen LogP contribution is 2.18. The zero-order valence-electron chi connectivity index (χ0n) is 13.3. The molecule has 3 aromatic heterocycles. The number of carbonyl (C=O) groups is 1. The number of nitrogens with one attached hydrogen (secondary N) is 1. The Morgan fingerprint density at radius 2 is 2.29 bits per heavy atom. The summed E-state index contributed by atoms with van der Waals surface area (Å²) in [5.41, 5.74) is 0. The Kier molecular flexibility index (Phi) is 5.26. The maximum atomic E-state index is 12.2. The van der Waals surface area contributed by atoms with E-state index in [1.165, 1.54) is 11.8 Å². The van der Waals surface area contributed by atoms with Gasteiger partial charge in [0.2, 0.25) is 11.1 Å². The van der Waals surface area contributed by atoms with Crippen LogP contribution in [-0.4, -0.2) is 41.6 Å². The average molecular weight is 363 g/mol. The van der Waals surface area contributed by atoms with Gasteiger partial charge in [0.1, 0.15) is 5.82 Å². The van der Waals surface area contributed by atoms with E-state index in [9.17, 15) is 4.79 Å². The molecule has 3 rings (SSSR count). The Morgan fingerprint density at radius 3 is 3.04 bits per heavy atom. The molecular formula is C14H17N7OS2. The molecule has 8 nitrogen and oxygen atoms in total. The molecule has 3 aromatic rings. The fourth-order valence-electron chi connectivity index (χ4n) is 2.08. The second kappa shape index (κ2) is 7.58. The van der Waals surface area contributed by atoms with Gasteiger partial charge in [0, 0.05) is 17.0 Å². The summed E-state index contributed by atoms with van der Waals surface area (Å²) in [4.78, 5) is 13.3. The van der Waals surface area contributed by atoms with Crippen molar-refractivity contribution in [3.05, 3.63) is 34.7 Å². The maximum absolute atomic E-state index is 12.2. The molecule has 0 aliphatic carbocycles. The Balaban J connectivity index is 1.57. The molecule has 0 unspecified atom stereocenters. The van der Waals surface area contributed by atoms with Crippen LogP contribution in [0.4, 0.5) is 5.82 Å². The lowest BCUT2D eigenvalue weighted by molar-refractivity contribution is -0.113. The third-order valence-corrected chi connectivity index (χ3v) is 4.96. The molecule has 24 heavy (non-hydrogen) atoms. The molecule has 10 heteroatoms. The van der Waals surface area contributed by atoms with E-state index in [0.717, 1.165) is 4.88 Å². The van der Waals surface area contributed by atoms with Crippen LogP contribution in [0.25, 0.3) is 0 Å². The van der Waals surface area contributed by atoms with Gasteiger partial charge in [-0.25, -0.2) is 9.36 Å². The summed E-state index contributed by atoms with van der Waals surface area (Å²) < 4.78 is 3.46. The first-order valence-electron chi connectivity index (χ1n) is 7.38. The zero-order valence-corrected chi connectivity index (χ0v) is 14.9. The number of tetrazole rings is 1. The molecule has 0 saturated heterocycles. The van der Waals surface area contributed by atoms with Gasteiger partial charge in [-0.2, -0.15) is 5.10 Å². The minimum atomic E-state index is -0.118. The summed E-state index contributed by atoms with van der Waals surface area (Å²) in [7, 11) is 0. The molecule has 0 aliphatic heterocycles. The minimum Gasteiger partial charge on any atom is -0.310 e. The van der Waals surface area contributed by atoms with Crippen molar-refractivity contribution in [1.29, 1.82) is 0 Å². The van der Waals surface area contributed by atoms with Crippen LogP contribution in [0.2, 0.25) is 0 Å². The van der Waals surface area contributed by atoms with Gasteiger partial charge in [-0.3, -0.25) is 4.79 Å². The Morgan fingerprint density at radius 1 is 1.42 bits per heavy atom. The molecule has 0 spiro atoms. The van der Waals surface area contributed by atoms with Gasteiger partial charge in [-0.15, -0.1) is 16.4 Å². The fraction of sp³-hybridized carbons (Fsp3) is 0.357. The van der Waals surface area contributed by atoms with E-state index in [0.29, 0.717) is 17.5 Å². The van der Waals surface area contributed by atoms with Gasteiger partial charge in [-0.05, 0) is 35.7 Å². The molecule has 0 saturated carbocycles. The predicted molar refractivity (Wildman–Crippen MR) is 93.2 cm³/mol. The van der Waals surface area contributed by atoms with E-state index in [2.05, 4.69) is 25.9 Å². The normalized spacial score (nSPS) is 11.1. The lowest BCUT2D eigenvalue weighted by Gasteiger charge is -2.11. The number of hydrogen-bond donors (Lipinski definition) is 1. The molecule has 0 aromatic carbocycles. The van der Waals surface area contributed by atoms with Crippen LogP contribution < -0.4 is 5.32 Å². The molecule has 3 heterocycles. The average Bonchev–Trinajstić information content (AvgIpc) is 3.27. The minimum absolute atomic E-state index is 0.118. The number of aromatic nitrogens is 6. The summed E-state index contributed by atoms with van der Waals surface area (Å²) in [6.45, 7) is 4.63. The molecule has 1 N–H and O–H groups in total. The fourth-order valence-corrected chi connectivity index (χ4v) is 3.45. The summed E-state index contributed by atoms with van der Waals surface area (Å²) in [6, 6.07) is 5.98. The molecule has 0 fully saturated rings. The van der Waals surface area contributed by atoms with Crippen molar-refractivity contribution < 1.29 is 4.79 Å². The van der Waals surface area contributed by atoms with Crippen LogP contribution in [0.5, 0.6) is 0 Å². The van der Waals surface area contributed by atoms with Crippen molar-refractivity contribution in [2.45, 2.75) is 31.6 Å². The van der Waals surface area contributed by atoms with E-state index in [4.69, 9.17) is 0 Å². The van der Waals surface area contributed by atoms with Crippen LogP contribution in [0, 0.1) is 0 Å². The van der Waals surface area contributed by atoms with Crippen molar-refractivity contribution in [2.24, 2.45) is 0 Å². The van der Waals surface area contributed by atoms with Crippen molar-refractivity contribution in [3.8, 4) is 0 Å². The first-order valence-corrected chi connectivity index (χ1v) is 9.24. The number of hydrogen-bond acceptors (Lipinski definition) is 7. The Bertz CT molecular complexity index is 794. The number of nitrogens with zero attached hydrogens (tertiary/aromatic N) is 6. The van der Waals surface area contributed by atoms with Crippen LogP contribution in [0.1, 0.15) is 24.8 Å². The Labute approximate surface area is 147 Å². The highest BCUT2D eigenvalue weighted by Gasteiger charge is 2.13. The Hall–Kier alpha value is -2.20. The number of anilines is 1. The number of amides is 1. The molecule has 0 bridgehead atoms. The third kappa shape index (κ3) is 4.01. The van der Waals surface area contributed by atoms with Gasteiger partial charge in [0.15, 0.2) is 0 Å². The lowest BCUT2D eigenvalue weighted by Crippen LogP contribution is -2.18. The summed E-state index contributed by atoms with van der Waals surface area (Å²) in [6.07, 6.45) is 1.67. The van der Waals surface area contributed by atoms with Gasteiger partial charge < -0.3 is 5.32 Å². The zero-order chi connectivity index (χ0) is 16.9. The van der Waals surface area contributed by atoms with Crippen LogP contribution >= 0.6 is 23.1 Å². The number of thiophene rings is 1. The largest absolute Gasteiger partial charge is 0.310 e. The highest BCUT2D eigenvalue weighted by molar-refractivity contribution is 7.99. The molecule has 0 aliphatic rings. The molecule has 0 atom stereocenters. The lowest BCUT2D eigenvalue weighted by atomic mass is 10.4. The van der Waals surface area contributed by atoms with E-state index in [1.807, 2.05) is 31.4 Å². The third-order valence-electron chi connectivity index (χ3n) is 3.14. The number of carbonyl (C=O) groups excluding carboxylic acids is 1. The van der Waals surface area contributed by atoms with Crippen LogP contribution in [0.3, 0.4) is 0 Å². The molecule has 0 radical (unpaired) electrons. The summed E-state index contributed by atoms with van der Waals surface area (Å²) in [5.74, 6) is 0.801. The van der Waals surface area contributed by atoms with Crippen LogP contribution in [0.15, 0.2) is 34.9 Å². The smallest absolute Gasteiger partial charge is 0.235 e. The van der Waals surface area contributed by atoms with Gasteiger partial charge in [0.05, 0.1) is 18.5 Å². The van der Waals surface area contributed by atoms with E-state index < -0.39 is 0 Å². The molecular weight excluding hydrogens is 346 g/mol. The first-order chi connectivity index (χ1) is 11.6. The van der Waals surface area contributed by atoms with Crippen molar-refractivity contribution >= 4 is 34.8 Å². The van der Waals surface area contributed by atoms with Gasteiger partial charge >= 0.3 is 0 Å². The summed E-state index contributed by atoms with van der Waals surface area (Å²) >= 11 is 2.96. The topological polar surface area (TPSA) is 90.5 Å². The van der Waals surface area contributed by atoms with Crippen molar-refractivity contribution in [3.63, 3.8) is 0 Å². The number of rotatable bonds is 7. The molecule has 126 valence electrons. The summed E-state index contributed by atoms with van der Waals surface area (Å²) in [5, 5.41) is 21.3.